The summed E-state index contributed by atoms with van der Waals surface area (Å²) in [6, 6.07) is 5.70. The molecule has 0 radical (unpaired) electrons. The predicted molar refractivity (Wildman–Crippen MR) is 116 cm³/mol. The minimum absolute atomic E-state index is 0.0894. The molecule has 0 fully saturated rings. The maximum atomic E-state index is 13.9. The van der Waals surface area contributed by atoms with E-state index in [1.807, 2.05) is 25.1 Å². The summed E-state index contributed by atoms with van der Waals surface area (Å²) in [6.07, 6.45) is 0.495. The fourth-order valence-corrected chi connectivity index (χ4v) is 4.72. The van der Waals surface area contributed by atoms with Crippen LogP contribution >= 0.6 is 0 Å². The maximum Gasteiger partial charge on any atom is 0.393 e. The Balaban J connectivity index is 1.77. The lowest BCUT2D eigenvalue weighted by molar-refractivity contribution is -0.177. The van der Waals surface area contributed by atoms with Crippen molar-refractivity contribution in [2.45, 2.75) is 65.5 Å². The summed E-state index contributed by atoms with van der Waals surface area (Å²) in [5.74, 6) is -1.77. The van der Waals surface area contributed by atoms with Crippen LogP contribution in [0.15, 0.2) is 47.8 Å². The third kappa shape index (κ3) is 4.98. The smallest absolute Gasteiger partial charge is 0.384 e. The maximum absolute atomic E-state index is 13.9. The summed E-state index contributed by atoms with van der Waals surface area (Å²) in [7, 11) is 0. The van der Waals surface area contributed by atoms with E-state index in [9.17, 15) is 17.6 Å². The van der Waals surface area contributed by atoms with Gasteiger partial charge in [0.2, 0.25) is 0 Å². The molecule has 0 aliphatic heterocycles. The molecule has 2 aliphatic rings. The molecule has 0 saturated carbocycles. The summed E-state index contributed by atoms with van der Waals surface area (Å²) >= 11 is 0. The third-order valence-electron chi connectivity index (χ3n) is 6.46. The molecule has 1 aromatic rings. The van der Waals surface area contributed by atoms with Gasteiger partial charge in [-0.15, -0.1) is 0 Å². The number of halogens is 4. The van der Waals surface area contributed by atoms with Gasteiger partial charge in [-0.2, -0.15) is 13.2 Å². The fourth-order valence-electron chi connectivity index (χ4n) is 4.72. The van der Waals surface area contributed by atoms with Gasteiger partial charge in [0.05, 0.1) is 5.92 Å². The van der Waals surface area contributed by atoms with Crippen molar-refractivity contribution in [2.24, 2.45) is 11.3 Å². The minimum atomic E-state index is -4.33. The second kappa shape index (κ2) is 8.60. The average Bonchev–Trinajstić information content (AvgIpc) is 3.04. The van der Waals surface area contributed by atoms with E-state index in [1.165, 1.54) is 6.08 Å². The summed E-state index contributed by atoms with van der Waals surface area (Å²) < 4.78 is 55.6. The van der Waals surface area contributed by atoms with E-state index in [1.54, 1.807) is 13.8 Å². The standard InChI is InChI=1S/C25H31F4N/c1-5-17-8-9-20(26)13-23(17)24(3,4)14-19(25(27,28)29)15-30-21-10-11-22-16(2)6-7-18(22)12-21/h10-13,19,30H,2,5-9,14-15H2,1,3-4H3. The number of aryl methyl sites for hydroxylation is 1. The lowest BCUT2D eigenvalue weighted by Crippen LogP contribution is -2.35. The van der Waals surface area contributed by atoms with Gasteiger partial charge in [0, 0.05) is 18.7 Å². The van der Waals surface area contributed by atoms with Gasteiger partial charge in [0.25, 0.3) is 0 Å². The van der Waals surface area contributed by atoms with E-state index < -0.39 is 17.5 Å². The summed E-state index contributed by atoms with van der Waals surface area (Å²) in [6.45, 7) is 9.41. The zero-order valence-electron chi connectivity index (χ0n) is 18.1. The highest BCUT2D eigenvalue weighted by molar-refractivity contribution is 5.72. The first kappa shape index (κ1) is 22.6. The van der Waals surface area contributed by atoms with E-state index in [0.29, 0.717) is 18.5 Å². The van der Waals surface area contributed by atoms with Gasteiger partial charge in [-0.25, -0.2) is 4.39 Å². The number of hydrogen-bond acceptors (Lipinski definition) is 1. The van der Waals surface area contributed by atoms with Crippen LogP contribution in [0.1, 0.15) is 64.0 Å². The first-order chi connectivity index (χ1) is 14.0. The molecule has 1 atom stereocenters. The van der Waals surface area contributed by atoms with Crippen molar-refractivity contribution < 1.29 is 17.6 Å². The Bertz CT molecular complexity index is 874. The Labute approximate surface area is 176 Å². The van der Waals surface area contributed by atoms with E-state index in [2.05, 4.69) is 11.9 Å². The van der Waals surface area contributed by atoms with Crippen LogP contribution < -0.4 is 5.32 Å². The van der Waals surface area contributed by atoms with Crippen molar-refractivity contribution in [1.82, 2.24) is 0 Å². The summed E-state index contributed by atoms with van der Waals surface area (Å²) in [4.78, 5) is 0. The van der Waals surface area contributed by atoms with Crippen molar-refractivity contribution in [2.75, 3.05) is 11.9 Å². The molecule has 5 heteroatoms. The molecule has 3 rings (SSSR count). The molecule has 30 heavy (non-hydrogen) atoms. The highest BCUT2D eigenvalue weighted by Crippen LogP contribution is 2.45. The number of allylic oxidation sites excluding steroid dienone is 5. The Morgan fingerprint density at radius 1 is 1.10 bits per heavy atom. The van der Waals surface area contributed by atoms with Gasteiger partial charge in [-0.3, -0.25) is 0 Å². The second-order valence-electron chi connectivity index (χ2n) is 9.14. The Hall–Kier alpha value is -2.04. The molecule has 0 heterocycles. The van der Waals surface area contributed by atoms with Crippen molar-refractivity contribution in [3.05, 3.63) is 59.0 Å². The average molecular weight is 422 g/mol. The number of fused-ring (bicyclic) bond motifs is 1. The number of anilines is 1. The van der Waals surface area contributed by atoms with Gasteiger partial charge in [-0.1, -0.05) is 39.0 Å². The molecule has 0 saturated heterocycles. The van der Waals surface area contributed by atoms with Crippen LogP contribution in [0.2, 0.25) is 0 Å². The van der Waals surface area contributed by atoms with Crippen molar-refractivity contribution >= 4 is 11.3 Å². The molecule has 1 N–H and O–H groups in total. The van der Waals surface area contributed by atoms with Gasteiger partial charge in [0.15, 0.2) is 0 Å². The van der Waals surface area contributed by atoms with Gasteiger partial charge in [-0.05, 0) is 78.0 Å². The van der Waals surface area contributed by atoms with E-state index in [-0.39, 0.29) is 18.8 Å². The Morgan fingerprint density at radius 3 is 2.50 bits per heavy atom. The van der Waals surface area contributed by atoms with Crippen LogP contribution in [0, 0.1) is 11.3 Å². The van der Waals surface area contributed by atoms with E-state index in [4.69, 9.17) is 0 Å². The first-order valence-electron chi connectivity index (χ1n) is 10.7. The molecule has 164 valence electrons. The molecule has 1 unspecified atom stereocenters. The molecule has 1 nitrogen and oxygen atoms in total. The summed E-state index contributed by atoms with van der Waals surface area (Å²) in [5.41, 5.74) is 5.06. The zero-order chi connectivity index (χ0) is 22.1. The first-order valence-corrected chi connectivity index (χ1v) is 10.7. The van der Waals surface area contributed by atoms with Crippen LogP contribution in [0.5, 0.6) is 0 Å². The topological polar surface area (TPSA) is 12.0 Å². The number of hydrogen-bond donors (Lipinski definition) is 1. The molecular weight excluding hydrogens is 390 g/mol. The molecular formula is C25H31F4N. The van der Waals surface area contributed by atoms with Crippen LogP contribution in [-0.4, -0.2) is 12.7 Å². The molecule has 0 spiro atoms. The Morgan fingerprint density at radius 2 is 1.83 bits per heavy atom. The van der Waals surface area contributed by atoms with Crippen molar-refractivity contribution in [3.63, 3.8) is 0 Å². The molecule has 1 aromatic carbocycles. The molecule has 2 aliphatic carbocycles. The van der Waals surface area contributed by atoms with Crippen LogP contribution in [0.3, 0.4) is 0 Å². The largest absolute Gasteiger partial charge is 0.393 e. The van der Waals surface area contributed by atoms with Crippen molar-refractivity contribution in [1.29, 1.82) is 0 Å². The highest BCUT2D eigenvalue weighted by Gasteiger charge is 2.43. The van der Waals surface area contributed by atoms with Crippen molar-refractivity contribution in [3.8, 4) is 0 Å². The number of nitrogens with one attached hydrogen (secondary N) is 1. The lowest BCUT2D eigenvalue weighted by atomic mass is 9.72. The minimum Gasteiger partial charge on any atom is -0.384 e. The third-order valence-corrected chi connectivity index (χ3v) is 6.46. The summed E-state index contributed by atoms with van der Waals surface area (Å²) in [5, 5.41) is 3.00. The number of rotatable bonds is 7. The SMILES string of the molecule is C=C1CCc2cc(NCC(CC(C)(C)C3=C(CC)CCC(F)=C3)C(F)(F)F)ccc21. The van der Waals surface area contributed by atoms with Crippen LogP contribution in [0.4, 0.5) is 23.2 Å². The number of benzene rings is 1. The highest BCUT2D eigenvalue weighted by atomic mass is 19.4. The van der Waals surface area contributed by atoms with E-state index in [0.717, 1.165) is 47.1 Å². The van der Waals surface area contributed by atoms with Gasteiger partial charge in [0.1, 0.15) is 5.83 Å². The molecule has 0 bridgehead atoms. The van der Waals surface area contributed by atoms with Crippen LogP contribution in [0.25, 0.3) is 5.57 Å². The fraction of sp³-hybridized carbons (Fsp3) is 0.520. The second-order valence-corrected chi connectivity index (χ2v) is 9.14. The van der Waals surface area contributed by atoms with Crippen LogP contribution in [-0.2, 0) is 6.42 Å². The zero-order valence-corrected chi connectivity index (χ0v) is 18.1. The van der Waals surface area contributed by atoms with E-state index >= 15 is 0 Å². The molecule has 0 aromatic heterocycles. The normalized spacial score (nSPS) is 18.4. The lowest BCUT2D eigenvalue weighted by Gasteiger charge is -2.35. The monoisotopic (exact) mass is 421 g/mol. The predicted octanol–water partition coefficient (Wildman–Crippen LogP) is 8.01. The van der Waals surface area contributed by atoms with Gasteiger partial charge >= 0.3 is 6.18 Å². The molecule has 0 amide bonds. The van der Waals surface area contributed by atoms with Gasteiger partial charge < -0.3 is 5.32 Å². The Kier molecular flexibility index (Phi) is 6.49. The number of alkyl halides is 3. The quantitative estimate of drug-likeness (QED) is 0.440.